The van der Waals surface area contributed by atoms with Gasteiger partial charge >= 0.3 is 0 Å². The van der Waals surface area contributed by atoms with Gasteiger partial charge < -0.3 is 15.8 Å². The first-order valence-corrected chi connectivity index (χ1v) is 7.73. The normalized spacial score (nSPS) is 12.5. The Kier molecular flexibility index (Phi) is 7.29. The third-order valence-electron chi connectivity index (χ3n) is 2.98. The summed E-state index contributed by atoms with van der Waals surface area (Å²) >= 11 is 12.1. The molecule has 0 bridgehead atoms. The summed E-state index contributed by atoms with van der Waals surface area (Å²) in [6, 6.07) is 3.08. The van der Waals surface area contributed by atoms with Crippen molar-refractivity contribution in [2.45, 2.75) is 39.7 Å². The van der Waals surface area contributed by atoms with Gasteiger partial charge in [0.15, 0.2) is 0 Å². The van der Waals surface area contributed by atoms with Crippen LogP contribution in [0.1, 0.15) is 33.6 Å². The van der Waals surface area contributed by atoms with Gasteiger partial charge in [-0.1, -0.05) is 37.0 Å². The summed E-state index contributed by atoms with van der Waals surface area (Å²) in [4.78, 5) is 12.0. The Labute approximate surface area is 135 Å². The highest BCUT2D eigenvalue weighted by Crippen LogP contribution is 2.32. The summed E-state index contributed by atoms with van der Waals surface area (Å²) < 4.78 is 5.51. The van der Waals surface area contributed by atoms with Crippen molar-refractivity contribution >= 4 is 40.5 Å². The maximum absolute atomic E-state index is 12.0. The highest BCUT2D eigenvalue weighted by molar-refractivity contribution is 6.40. The van der Waals surface area contributed by atoms with Crippen molar-refractivity contribution < 1.29 is 9.53 Å². The maximum atomic E-state index is 12.0. The Bertz CT molecular complexity index is 470. The van der Waals surface area contributed by atoms with Crippen LogP contribution in [0.25, 0.3) is 0 Å². The molecular formula is C15H22Cl2N2O2. The van der Waals surface area contributed by atoms with E-state index in [0.717, 1.165) is 12.8 Å². The minimum atomic E-state index is -0.568. The van der Waals surface area contributed by atoms with E-state index >= 15 is 0 Å². The monoisotopic (exact) mass is 332 g/mol. The Morgan fingerprint density at radius 3 is 2.38 bits per heavy atom. The average Bonchev–Trinajstić information content (AvgIpc) is 2.38. The lowest BCUT2D eigenvalue weighted by molar-refractivity contribution is -0.126. The number of carbonyl (C=O) groups excluding carboxylic acids is 1. The van der Waals surface area contributed by atoms with E-state index in [1.54, 1.807) is 6.92 Å². The lowest BCUT2D eigenvalue weighted by Crippen LogP contribution is -2.28. The Morgan fingerprint density at radius 1 is 1.29 bits per heavy atom. The summed E-state index contributed by atoms with van der Waals surface area (Å²) in [5.41, 5.74) is 6.42. The van der Waals surface area contributed by atoms with Crippen LogP contribution in [0.5, 0.6) is 0 Å². The van der Waals surface area contributed by atoms with Gasteiger partial charge in [0.1, 0.15) is 6.10 Å². The predicted molar refractivity (Wildman–Crippen MR) is 89.0 cm³/mol. The van der Waals surface area contributed by atoms with Gasteiger partial charge in [0.25, 0.3) is 5.91 Å². The number of hydrogen-bond acceptors (Lipinski definition) is 3. The number of hydrogen-bond donors (Lipinski definition) is 2. The van der Waals surface area contributed by atoms with Gasteiger partial charge in [-0.25, -0.2) is 0 Å². The SMILES string of the molecule is CC(C)CCCOC(C)C(=O)Nc1c(Cl)cc(N)cc1Cl. The molecule has 0 aliphatic carbocycles. The zero-order valence-corrected chi connectivity index (χ0v) is 14.1. The first kappa shape index (κ1) is 18.1. The Balaban J connectivity index is 2.53. The third kappa shape index (κ3) is 6.12. The Hall–Kier alpha value is -0.970. The minimum absolute atomic E-state index is 0.284. The molecule has 0 saturated heterocycles. The number of nitrogens with two attached hydrogens (primary N) is 1. The van der Waals surface area contributed by atoms with Crippen LogP contribution in [0, 0.1) is 5.92 Å². The molecule has 21 heavy (non-hydrogen) atoms. The van der Waals surface area contributed by atoms with Gasteiger partial charge in [0.2, 0.25) is 0 Å². The molecule has 0 aromatic heterocycles. The smallest absolute Gasteiger partial charge is 0.253 e. The summed E-state index contributed by atoms with van der Waals surface area (Å²) in [7, 11) is 0. The van der Waals surface area contributed by atoms with E-state index in [0.29, 0.717) is 33.9 Å². The van der Waals surface area contributed by atoms with E-state index in [9.17, 15) is 4.79 Å². The molecule has 0 aliphatic rings. The van der Waals surface area contributed by atoms with Crippen molar-refractivity contribution in [2.24, 2.45) is 5.92 Å². The Morgan fingerprint density at radius 2 is 1.86 bits per heavy atom. The standard InChI is InChI=1S/C15H22Cl2N2O2/c1-9(2)5-4-6-21-10(3)15(20)19-14-12(16)7-11(18)8-13(14)17/h7-10H,4-6,18H2,1-3H3,(H,19,20). The predicted octanol–water partition coefficient (Wildman–Crippen LogP) is 4.36. The number of benzene rings is 1. The fourth-order valence-corrected chi connectivity index (χ4v) is 2.36. The van der Waals surface area contributed by atoms with Crippen LogP contribution >= 0.6 is 23.2 Å². The second kappa shape index (κ2) is 8.47. The molecule has 0 heterocycles. The van der Waals surface area contributed by atoms with Crippen LogP contribution in [0.3, 0.4) is 0 Å². The van der Waals surface area contributed by atoms with Crippen molar-refractivity contribution in [1.29, 1.82) is 0 Å². The molecule has 0 aliphatic heterocycles. The first-order valence-electron chi connectivity index (χ1n) is 6.98. The number of amides is 1. The van der Waals surface area contributed by atoms with Crippen LogP contribution < -0.4 is 11.1 Å². The molecule has 0 fully saturated rings. The molecule has 118 valence electrons. The van der Waals surface area contributed by atoms with Crippen LogP contribution in [0.15, 0.2) is 12.1 Å². The number of anilines is 2. The summed E-state index contributed by atoms with van der Waals surface area (Å²) in [5.74, 6) is 0.346. The topological polar surface area (TPSA) is 64.3 Å². The molecule has 0 radical (unpaired) electrons. The van der Waals surface area contributed by atoms with Crippen molar-refractivity contribution in [3.05, 3.63) is 22.2 Å². The molecule has 1 unspecified atom stereocenters. The highest BCUT2D eigenvalue weighted by atomic mass is 35.5. The second-order valence-corrected chi connectivity index (χ2v) is 6.21. The lowest BCUT2D eigenvalue weighted by atomic mass is 10.1. The van der Waals surface area contributed by atoms with Crippen molar-refractivity contribution in [2.75, 3.05) is 17.7 Å². The van der Waals surface area contributed by atoms with Gasteiger partial charge in [-0.05, 0) is 37.8 Å². The largest absolute Gasteiger partial charge is 0.399 e. The van der Waals surface area contributed by atoms with Gasteiger partial charge in [0.05, 0.1) is 15.7 Å². The van der Waals surface area contributed by atoms with Gasteiger partial charge in [-0.2, -0.15) is 0 Å². The fourth-order valence-electron chi connectivity index (χ4n) is 1.76. The van der Waals surface area contributed by atoms with E-state index < -0.39 is 6.10 Å². The van der Waals surface area contributed by atoms with Crippen molar-refractivity contribution in [3.63, 3.8) is 0 Å². The molecule has 1 aromatic rings. The molecular weight excluding hydrogens is 311 g/mol. The number of nitrogen functional groups attached to an aromatic ring is 1. The van der Waals surface area contributed by atoms with Gasteiger partial charge in [-0.15, -0.1) is 0 Å². The van der Waals surface area contributed by atoms with Crippen LogP contribution in [0.4, 0.5) is 11.4 Å². The van der Waals surface area contributed by atoms with E-state index in [1.807, 2.05) is 0 Å². The summed E-state index contributed by atoms with van der Waals surface area (Å²) in [6.45, 7) is 6.56. The van der Waals surface area contributed by atoms with Gasteiger partial charge in [-0.3, -0.25) is 4.79 Å². The molecule has 1 rings (SSSR count). The van der Waals surface area contributed by atoms with Crippen LogP contribution in [-0.4, -0.2) is 18.6 Å². The summed E-state index contributed by atoms with van der Waals surface area (Å²) in [6.07, 6.45) is 1.43. The first-order chi connectivity index (χ1) is 9.81. The number of ether oxygens (including phenoxy) is 1. The molecule has 1 amide bonds. The maximum Gasteiger partial charge on any atom is 0.253 e. The second-order valence-electron chi connectivity index (χ2n) is 5.40. The minimum Gasteiger partial charge on any atom is -0.399 e. The number of rotatable bonds is 7. The van der Waals surface area contributed by atoms with E-state index in [4.69, 9.17) is 33.7 Å². The molecule has 3 N–H and O–H groups in total. The van der Waals surface area contributed by atoms with Crippen LogP contribution in [0.2, 0.25) is 10.0 Å². The quantitative estimate of drug-likeness (QED) is 0.576. The zero-order valence-electron chi connectivity index (χ0n) is 12.6. The van der Waals surface area contributed by atoms with E-state index in [1.165, 1.54) is 12.1 Å². The highest BCUT2D eigenvalue weighted by Gasteiger charge is 2.17. The zero-order chi connectivity index (χ0) is 16.0. The van der Waals surface area contributed by atoms with E-state index in [-0.39, 0.29) is 5.91 Å². The molecule has 1 aromatic carbocycles. The molecule has 6 heteroatoms. The molecule has 0 spiro atoms. The van der Waals surface area contributed by atoms with E-state index in [2.05, 4.69) is 19.2 Å². The number of nitrogens with one attached hydrogen (secondary N) is 1. The molecule has 4 nitrogen and oxygen atoms in total. The summed E-state index contributed by atoms with van der Waals surface area (Å²) in [5, 5.41) is 3.28. The molecule has 0 saturated carbocycles. The van der Waals surface area contributed by atoms with Crippen molar-refractivity contribution in [3.8, 4) is 0 Å². The van der Waals surface area contributed by atoms with Crippen LogP contribution in [-0.2, 0) is 9.53 Å². The third-order valence-corrected chi connectivity index (χ3v) is 3.57. The van der Waals surface area contributed by atoms with Crippen molar-refractivity contribution in [1.82, 2.24) is 0 Å². The fraction of sp³-hybridized carbons (Fsp3) is 0.533. The van der Waals surface area contributed by atoms with Gasteiger partial charge in [0, 0.05) is 12.3 Å². The number of carbonyl (C=O) groups is 1. The lowest BCUT2D eigenvalue weighted by Gasteiger charge is -2.15. The average molecular weight is 333 g/mol. The molecule has 1 atom stereocenters. The number of halogens is 2.